The first kappa shape index (κ1) is 19.1. The summed E-state index contributed by atoms with van der Waals surface area (Å²) in [5.74, 6) is 2.21. The molecule has 2 aliphatic rings. The molecule has 0 saturated heterocycles. The van der Waals surface area contributed by atoms with E-state index in [0.717, 1.165) is 59.7 Å². The lowest BCUT2D eigenvalue weighted by Gasteiger charge is -2.22. The van der Waals surface area contributed by atoms with Gasteiger partial charge < -0.3 is 19.5 Å². The van der Waals surface area contributed by atoms with Crippen molar-refractivity contribution in [3.63, 3.8) is 0 Å². The average Bonchev–Trinajstić information content (AvgIpc) is 3.48. The van der Waals surface area contributed by atoms with E-state index in [0.29, 0.717) is 18.7 Å². The molecular weight excluding hydrogens is 406 g/mol. The molecule has 4 aromatic rings. The first-order chi connectivity index (χ1) is 15.8. The van der Waals surface area contributed by atoms with Crippen molar-refractivity contribution in [1.29, 1.82) is 0 Å². The van der Waals surface area contributed by atoms with Gasteiger partial charge in [-0.1, -0.05) is 6.07 Å². The fraction of sp³-hybridized carbons (Fsp3) is 0.292. The van der Waals surface area contributed by atoms with Gasteiger partial charge >= 0.3 is 0 Å². The summed E-state index contributed by atoms with van der Waals surface area (Å²) in [4.78, 5) is 9.03. The van der Waals surface area contributed by atoms with Crippen LogP contribution in [-0.4, -0.2) is 39.7 Å². The van der Waals surface area contributed by atoms with Gasteiger partial charge in [0.25, 0.3) is 0 Å². The van der Waals surface area contributed by atoms with E-state index in [2.05, 4.69) is 33.6 Å². The third kappa shape index (κ3) is 3.42. The molecule has 1 aromatic carbocycles. The third-order valence-corrected chi connectivity index (χ3v) is 6.10. The standard InChI is InChI=1S/C24H23N5O3/c1-30-23-7-5-19-24(27-23)20(8-9-25-19)29-13-16-11-17(3-4-18(16)28-29)26-12-15-2-6-21-22(10-15)32-14-31-21/h2,5-10,13,17,26H,3-4,11-12,14H2,1H3. The van der Waals surface area contributed by atoms with Crippen LogP contribution < -0.4 is 19.5 Å². The summed E-state index contributed by atoms with van der Waals surface area (Å²) in [6, 6.07) is 12.2. The SMILES string of the molecule is COc1ccc2nccc(-n3cc4c(n3)CCC(NCc3ccc5c(c3)OCO5)C4)c2n1. The van der Waals surface area contributed by atoms with Gasteiger partial charge in [-0.2, -0.15) is 5.10 Å². The molecule has 8 heteroatoms. The van der Waals surface area contributed by atoms with Crippen molar-refractivity contribution < 1.29 is 14.2 Å². The molecule has 8 nitrogen and oxygen atoms in total. The van der Waals surface area contributed by atoms with Crippen molar-refractivity contribution in [2.45, 2.75) is 31.8 Å². The monoisotopic (exact) mass is 429 g/mol. The highest BCUT2D eigenvalue weighted by Gasteiger charge is 2.23. The number of methoxy groups -OCH3 is 1. The van der Waals surface area contributed by atoms with Crippen molar-refractivity contribution in [3.8, 4) is 23.1 Å². The minimum atomic E-state index is 0.302. The van der Waals surface area contributed by atoms with E-state index in [4.69, 9.17) is 19.3 Å². The van der Waals surface area contributed by atoms with E-state index in [1.807, 2.05) is 28.9 Å². The Morgan fingerprint density at radius 2 is 2.09 bits per heavy atom. The van der Waals surface area contributed by atoms with E-state index in [9.17, 15) is 0 Å². The van der Waals surface area contributed by atoms with Crippen LogP contribution in [0.4, 0.5) is 0 Å². The fourth-order valence-electron chi connectivity index (χ4n) is 4.41. The molecule has 1 aliphatic heterocycles. The quantitative estimate of drug-likeness (QED) is 0.522. The molecule has 32 heavy (non-hydrogen) atoms. The molecule has 0 radical (unpaired) electrons. The van der Waals surface area contributed by atoms with Crippen molar-refractivity contribution in [1.82, 2.24) is 25.1 Å². The van der Waals surface area contributed by atoms with Gasteiger partial charge in [0.1, 0.15) is 5.52 Å². The Hall–Kier alpha value is -3.65. The molecule has 0 fully saturated rings. The zero-order valence-electron chi connectivity index (χ0n) is 17.7. The highest BCUT2D eigenvalue weighted by Crippen LogP contribution is 2.32. The van der Waals surface area contributed by atoms with Crippen LogP contribution in [0, 0.1) is 0 Å². The minimum absolute atomic E-state index is 0.302. The van der Waals surface area contributed by atoms with Gasteiger partial charge in [0.05, 0.1) is 24.0 Å². The van der Waals surface area contributed by atoms with Crippen molar-refractivity contribution in [3.05, 3.63) is 65.6 Å². The van der Waals surface area contributed by atoms with Crippen LogP contribution in [0.3, 0.4) is 0 Å². The van der Waals surface area contributed by atoms with Gasteiger partial charge in [0, 0.05) is 31.0 Å². The summed E-state index contributed by atoms with van der Waals surface area (Å²) in [7, 11) is 1.62. The Labute approximate surface area is 185 Å². The molecule has 1 unspecified atom stereocenters. The lowest BCUT2D eigenvalue weighted by molar-refractivity contribution is 0.174. The number of nitrogens with zero attached hydrogens (tertiary/aromatic N) is 4. The molecule has 0 spiro atoms. The van der Waals surface area contributed by atoms with Crippen LogP contribution in [-0.2, 0) is 19.4 Å². The number of aromatic nitrogens is 4. The van der Waals surface area contributed by atoms with Crippen LogP contribution in [0.2, 0.25) is 0 Å². The molecule has 3 aromatic heterocycles. The Bertz CT molecular complexity index is 1300. The second kappa shape index (κ2) is 7.80. The number of hydrogen-bond acceptors (Lipinski definition) is 7. The normalized spacial score (nSPS) is 16.8. The number of hydrogen-bond donors (Lipinski definition) is 1. The second-order valence-corrected chi connectivity index (χ2v) is 8.11. The Morgan fingerprint density at radius 1 is 1.16 bits per heavy atom. The van der Waals surface area contributed by atoms with E-state index in [-0.39, 0.29) is 0 Å². The number of benzene rings is 1. The fourth-order valence-corrected chi connectivity index (χ4v) is 4.41. The lowest BCUT2D eigenvalue weighted by atomic mass is 9.93. The Balaban J connectivity index is 1.20. The van der Waals surface area contributed by atoms with E-state index < -0.39 is 0 Å². The van der Waals surface area contributed by atoms with Crippen LogP contribution in [0.15, 0.2) is 48.8 Å². The smallest absolute Gasteiger partial charge is 0.231 e. The number of rotatable bonds is 5. The number of fused-ring (bicyclic) bond motifs is 3. The van der Waals surface area contributed by atoms with Crippen molar-refractivity contribution in [2.75, 3.05) is 13.9 Å². The summed E-state index contributed by atoms with van der Waals surface area (Å²) >= 11 is 0. The maximum absolute atomic E-state index is 5.49. The largest absolute Gasteiger partial charge is 0.481 e. The third-order valence-electron chi connectivity index (χ3n) is 6.10. The number of aryl methyl sites for hydroxylation is 1. The molecular formula is C24H23N5O3. The summed E-state index contributed by atoms with van der Waals surface area (Å²) in [6.45, 7) is 1.10. The zero-order chi connectivity index (χ0) is 21.5. The van der Waals surface area contributed by atoms with Gasteiger partial charge in [-0.3, -0.25) is 4.98 Å². The predicted octanol–water partition coefficient (Wildman–Crippen LogP) is 3.20. The molecule has 4 heterocycles. The van der Waals surface area contributed by atoms with Gasteiger partial charge in [-0.05, 0) is 54.7 Å². The van der Waals surface area contributed by atoms with Crippen LogP contribution in [0.1, 0.15) is 23.2 Å². The topological polar surface area (TPSA) is 83.3 Å². The molecule has 1 aliphatic carbocycles. The summed E-state index contributed by atoms with van der Waals surface area (Å²) in [5, 5.41) is 8.56. The number of nitrogens with one attached hydrogen (secondary N) is 1. The predicted molar refractivity (Wildman–Crippen MR) is 118 cm³/mol. The van der Waals surface area contributed by atoms with Gasteiger partial charge in [0.15, 0.2) is 11.5 Å². The molecule has 1 atom stereocenters. The molecule has 0 saturated carbocycles. The minimum Gasteiger partial charge on any atom is -0.481 e. The Kier molecular flexibility index (Phi) is 4.65. The number of ether oxygens (including phenoxy) is 3. The van der Waals surface area contributed by atoms with Crippen LogP contribution in [0.5, 0.6) is 17.4 Å². The van der Waals surface area contributed by atoms with Gasteiger partial charge in [-0.15, -0.1) is 0 Å². The summed E-state index contributed by atoms with van der Waals surface area (Å²) < 4.78 is 18.1. The lowest BCUT2D eigenvalue weighted by Crippen LogP contribution is -2.33. The summed E-state index contributed by atoms with van der Waals surface area (Å²) in [6.07, 6.45) is 6.86. The van der Waals surface area contributed by atoms with Gasteiger partial charge in [0.2, 0.25) is 12.7 Å². The first-order valence-corrected chi connectivity index (χ1v) is 10.8. The molecule has 6 rings (SSSR count). The van der Waals surface area contributed by atoms with Crippen molar-refractivity contribution in [2.24, 2.45) is 0 Å². The van der Waals surface area contributed by atoms with Crippen LogP contribution >= 0.6 is 0 Å². The first-order valence-electron chi connectivity index (χ1n) is 10.8. The zero-order valence-corrected chi connectivity index (χ0v) is 17.7. The molecule has 0 bridgehead atoms. The van der Waals surface area contributed by atoms with E-state index in [1.54, 1.807) is 13.3 Å². The Morgan fingerprint density at radius 3 is 3.03 bits per heavy atom. The van der Waals surface area contributed by atoms with Gasteiger partial charge in [-0.25, -0.2) is 9.67 Å². The van der Waals surface area contributed by atoms with Crippen molar-refractivity contribution >= 4 is 11.0 Å². The molecule has 0 amide bonds. The van der Waals surface area contributed by atoms with E-state index in [1.165, 1.54) is 11.1 Å². The molecule has 1 N–H and O–H groups in total. The summed E-state index contributed by atoms with van der Waals surface area (Å²) in [5.41, 5.74) is 6.13. The average molecular weight is 429 g/mol. The van der Waals surface area contributed by atoms with E-state index >= 15 is 0 Å². The second-order valence-electron chi connectivity index (χ2n) is 8.11. The maximum Gasteiger partial charge on any atom is 0.231 e. The maximum atomic E-state index is 5.49. The molecule has 162 valence electrons. The number of pyridine rings is 2. The highest BCUT2D eigenvalue weighted by atomic mass is 16.7. The highest BCUT2D eigenvalue weighted by molar-refractivity contribution is 5.83. The van der Waals surface area contributed by atoms with Crippen LogP contribution in [0.25, 0.3) is 16.7 Å².